The fourth-order valence-corrected chi connectivity index (χ4v) is 2.30. The van der Waals surface area contributed by atoms with E-state index in [9.17, 15) is 4.79 Å². The molecule has 0 aliphatic carbocycles. The summed E-state index contributed by atoms with van der Waals surface area (Å²) in [6, 6.07) is 7.19. The van der Waals surface area contributed by atoms with Gasteiger partial charge in [-0.2, -0.15) is 0 Å². The second kappa shape index (κ2) is 9.67. The number of amides is 1. The molecule has 21 heavy (non-hydrogen) atoms. The molecule has 1 rings (SSSR count). The van der Waals surface area contributed by atoms with E-state index in [1.165, 1.54) is 12.8 Å². The van der Waals surface area contributed by atoms with Crippen LogP contribution >= 0.6 is 11.6 Å². The second-order valence-electron chi connectivity index (χ2n) is 5.35. The molecular formula is C17H26ClNO2. The van der Waals surface area contributed by atoms with Crippen LogP contribution in [0, 0.1) is 5.92 Å². The second-order valence-corrected chi connectivity index (χ2v) is 5.76. The van der Waals surface area contributed by atoms with Gasteiger partial charge in [0.2, 0.25) is 0 Å². The molecular weight excluding hydrogens is 286 g/mol. The predicted molar refractivity (Wildman–Crippen MR) is 87.9 cm³/mol. The smallest absolute Gasteiger partial charge is 0.260 e. The summed E-state index contributed by atoms with van der Waals surface area (Å²) >= 11 is 6.02. The van der Waals surface area contributed by atoms with Crippen molar-refractivity contribution in [3.63, 3.8) is 0 Å². The minimum atomic E-state index is -0.548. The Morgan fingerprint density at radius 1 is 1.33 bits per heavy atom. The zero-order valence-corrected chi connectivity index (χ0v) is 14.0. The maximum atomic E-state index is 12.1. The molecule has 3 nitrogen and oxygen atoms in total. The summed E-state index contributed by atoms with van der Waals surface area (Å²) in [6.07, 6.45) is 4.09. The Bertz CT molecular complexity index is 437. The number of benzene rings is 1. The van der Waals surface area contributed by atoms with Crippen molar-refractivity contribution in [2.45, 2.75) is 52.6 Å². The van der Waals surface area contributed by atoms with E-state index in [1.807, 2.05) is 12.1 Å². The Kier molecular flexibility index (Phi) is 8.21. The molecule has 0 aliphatic heterocycles. The Balaban J connectivity index is 2.42. The molecule has 0 heterocycles. The van der Waals surface area contributed by atoms with Crippen molar-refractivity contribution >= 4 is 17.5 Å². The number of carbonyl (C=O) groups excluding carboxylic acids is 1. The molecule has 1 aromatic carbocycles. The van der Waals surface area contributed by atoms with Crippen molar-refractivity contribution in [2.24, 2.45) is 5.92 Å². The number of hydrogen-bond donors (Lipinski definition) is 1. The van der Waals surface area contributed by atoms with E-state index < -0.39 is 6.10 Å². The third-order valence-electron chi connectivity index (χ3n) is 3.62. The number of nitrogens with one attached hydrogen (secondary N) is 1. The number of para-hydroxylation sites is 1. The van der Waals surface area contributed by atoms with Gasteiger partial charge < -0.3 is 10.1 Å². The molecule has 0 spiro atoms. The molecule has 0 fully saturated rings. The molecule has 1 N–H and O–H groups in total. The Labute approximate surface area is 133 Å². The van der Waals surface area contributed by atoms with Gasteiger partial charge in [-0.1, -0.05) is 56.8 Å². The third kappa shape index (κ3) is 6.38. The summed E-state index contributed by atoms with van der Waals surface area (Å²) in [5.41, 5.74) is 0. The number of carbonyl (C=O) groups is 1. The lowest BCUT2D eigenvalue weighted by Crippen LogP contribution is -2.38. The summed E-state index contributed by atoms with van der Waals surface area (Å²) in [5.74, 6) is 0.992. The number of halogens is 1. The van der Waals surface area contributed by atoms with Crippen LogP contribution in [0.15, 0.2) is 24.3 Å². The highest BCUT2D eigenvalue weighted by Gasteiger charge is 2.17. The van der Waals surface area contributed by atoms with Crippen molar-refractivity contribution in [3.05, 3.63) is 29.3 Å². The highest BCUT2D eigenvalue weighted by molar-refractivity contribution is 6.32. The van der Waals surface area contributed by atoms with Crippen molar-refractivity contribution in [1.82, 2.24) is 5.32 Å². The lowest BCUT2D eigenvalue weighted by molar-refractivity contribution is -0.127. The van der Waals surface area contributed by atoms with E-state index in [2.05, 4.69) is 19.2 Å². The van der Waals surface area contributed by atoms with Gasteiger partial charge in [0, 0.05) is 6.54 Å². The molecule has 0 aliphatic rings. The van der Waals surface area contributed by atoms with Crippen molar-refractivity contribution in [2.75, 3.05) is 6.54 Å². The van der Waals surface area contributed by atoms with Crippen LogP contribution in [0.1, 0.15) is 46.5 Å². The molecule has 118 valence electrons. The van der Waals surface area contributed by atoms with E-state index in [0.29, 0.717) is 23.2 Å². The van der Waals surface area contributed by atoms with E-state index in [-0.39, 0.29) is 5.91 Å². The topological polar surface area (TPSA) is 38.3 Å². The van der Waals surface area contributed by atoms with E-state index >= 15 is 0 Å². The van der Waals surface area contributed by atoms with Crippen LogP contribution in [0.2, 0.25) is 5.02 Å². The molecule has 0 saturated carbocycles. The fraction of sp³-hybridized carbons (Fsp3) is 0.588. The Hall–Kier alpha value is -1.22. The summed E-state index contributed by atoms with van der Waals surface area (Å²) in [4.78, 5) is 12.1. The fourth-order valence-electron chi connectivity index (χ4n) is 2.12. The summed E-state index contributed by atoms with van der Waals surface area (Å²) in [5, 5.41) is 3.49. The van der Waals surface area contributed by atoms with Crippen LogP contribution < -0.4 is 10.1 Å². The number of unbranched alkanes of at least 4 members (excludes halogenated alkanes) is 1. The van der Waals surface area contributed by atoms with Gasteiger partial charge in [0.05, 0.1) is 5.02 Å². The summed E-state index contributed by atoms with van der Waals surface area (Å²) in [7, 11) is 0. The van der Waals surface area contributed by atoms with Crippen LogP contribution in [0.3, 0.4) is 0 Å². The standard InChI is InChI=1S/C17H26ClNO2/c1-4-6-9-14(5-2)12-19-17(20)13(3)21-16-11-8-7-10-15(16)18/h7-8,10-11,13-14H,4-6,9,12H2,1-3H3,(H,19,20)/t13-,14+/m1/s1. The monoisotopic (exact) mass is 311 g/mol. The molecule has 0 aromatic heterocycles. The summed E-state index contributed by atoms with van der Waals surface area (Å²) in [6.45, 7) is 6.80. The maximum absolute atomic E-state index is 12.1. The van der Waals surface area contributed by atoms with Gasteiger partial charge in [-0.25, -0.2) is 0 Å². The molecule has 4 heteroatoms. The maximum Gasteiger partial charge on any atom is 0.260 e. The quantitative estimate of drug-likeness (QED) is 0.732. The van der Waals surface area contributed by atoms with E-state index in [4.69, 9.17) is 16.3 Å². The average Bonchev–Trinajstić information content (AvgIpc) is 2.49. The van der Waals surface area contributed by atoms with Gasteiger partial charge in [0.1, 0.15) is 5.75 Å². The normalized spacial score (nSPS) is 13.5. The number of rotatable bonds is 9. The van der Waals surface area contributed by atoms with Gasteiger partial charge in [-0.15, -0.1) is 0 Å². The molecule has 0 saturated heterocycles. The molecule has 0 unspecified atom stereocenters. The van der Waals surface area contributed by atoms with Crippen molar-refractivity contribution in [1.29, 1.82) is 0 Å². The van der Waals surface area contributed by atoms with Gasteiger partial charge in [0.25, 0.3) is 5.91 Å². The Morgan fingerprint density at radius 3 is 2.67 bits per heavy atom. The predicted octanol–water partition coefficient (Wildman–Crippen LogP) is 4.44. The lowest BCUT2D eigenvalue weighted by atomic mass is 9.99. The first-order chi connectivity index (χ1) is 10.1. The first-order valence-electron chi connectivity index (χ1n) is 7.77. The average molecular weight is 312 g/mol. The van der Waals surface area contributed by atoms with Crippen LogP contribution in [0.25, 0.3) is 0 Å². The zero-order chi connectivity index (χ0) is 15.7. The minimum absolute atomic E-state index is 0.0927. The van der Waals surface area contributed by atoms with Crippen molar-refractivity contribution in [3.8, 4) is 5.75 Å². The van der Waals surface area contributed by atoms with Gasteiger partial charge in [0.15, 0.2) is 6.10 Å². The van der Waals surface area contributed by atoms with Crippen molar-refractivity contribution < 1.29 is 9.53 Å². The molecule has 1 aromatic rings. The molecule has 1 amide bonds. The van der Waals surface area contributed by atoms with Crippen LogP contribution in [-0.2, 0) is 4.79 Å². The van der Waals surface area contributed by atoms with Gasteiger partial charge in [-0.05, 0) is 31.4 Å². The van der Waals surface area contributed by atoms with Gasteiger partial charge >= 0.3 is 0 Å². The highest BCUT2D eigenvalue weighted by atomic mass is 35.5. The SMILES string of the molecule is CCCC[C@H](CC)CNC(=O)[C@@H](C)Oc1ccccc1Cl. The van der Waals surface area contributed by atoms with Crippen LogP contribution in [0.4, 0.5) is 0 Å². The van der Waals surface area contributed by atoms with Gasteiger partial charge in [-0.3, -0.25) is 4.79 Å². The largest absolute Gasteiger partial charge is 0.479 e. The highest BCUT2D eigenvalue weighted by Crippen LogP contribution is 2.24. The third-order valence-corrected chi connectivity index (χ3v) is 3.93. The van der Waals surface area contributed by atoms with Crippen LogP contribution in [0.5, 0.6) is 5.75 Å². The first kappa shape index (κ1) is 17.8. The lowest BCUT2D eigenvalue weighted by Gasteiger charge is -2.19. The zero-order valence-electron chi connectivity index (χ0n) is 13.2. The summed E-state index contributed by atoms with van der Waals surface area (Å²) < 4.78 is 5.61. The van der Waals surface area contributed by atoms with E-state index in [0.717, 1.165) is 12.8 Å². The van der Waals surface area contributed by atoms with Crippen LogP contribution in [-0.4, -0.2) is 18.6 Å². The molecule has 0 bridgehead atoms. The minimum Gasteiger partial charge on any atom is -0.479 e. The molecule has 0 radical (unpaired) electrons. The van der Waals surface area contributed by atoms with E-state index in [1.54, 1.807) is 19.1 Å². The number of ether oxygens (including phenoxy) is 1. The number of hydrogen-bond acceptors (Lipinski definition) is 2. The molecule has 2 atom stereocenters. The first-order valence-corrected chi connectivity index (χ1v) is 8.15. The Morgan fingerprint density at radius 2 is 2.05 bits per heavy atom.